The molecule has 1 aliphatic rings. The summed E-state index contributed by atoms with van der Waals surface area (Å²) in [7, 11) is 1.94. The number of thiophene rings is 1. The first-order valence-electron chi connectivity index (χ1n) is 6.87. The van der Waals surface area contributed by atoms with Crippen molar-refractivity contribution in [3.8, 4) is 0 Å². The smallest absolute Gasteiger partial charge is 0.237 e. The Kier molecular flexibility index (Phi) is 4.47. The first kappa shape index (κ1) is 14.8. The van der Waals surface area contributed by atoms with Crippen LogP contribution in [0, 0.1) is 0 Å². The summed E-state index contributed by atoms with van der Waals surface area (Å²) in [4.78, 5) is 17.7. The molecule has 1 aliphatic heterocycles. The monoisotopic (exact) mass is 368 g/mol. The average molecular weight is 369 g/mol. The fraction of sp³-hybridized carbons (Fsp3) is 0.400. The van der Waals surface area contributed by atoms with Gasteiger partial charge in [-0.05, 0) is 58.5 Å². The van der Waals surface area contributed by atoms with Gasteiger partial charge in [0.05, 0.1) is 13.1 Å². The van der Waals surface area contributed by atoms with Crippen molar-refractivity contribution in [3.05, 3.63) is 44.4 Å². The maximum absolute atomic E-state index is 12.4. The van der Waals surface area contributed by atoms with Crippen LogP contribution in [0.4, 0.5) is 0 Å². The molecule has 0 saturated carbocycles. The minimum Gasteiger partial charge on any atom is -0.453 e. The van der Waals surface area contributed by atoms with Crippen molar-refractivity contribution in [1.29, 1.82) is 0 Å². The van der Waals surface area contributed by atoms with Gasteiger partial charge in [0.25, 0.3) is 0 Å². The topological polar surface area (TPSA) is 36.7 Å². The molecule has 21 heavy (non-hydrogen) atoms. The van der Waals surface area contributed by atoms with E-state index in [9.17, 15) is 4.79 Å². The van der Waals surface area contributed by atoms with Gasteiger partial charge in [0.1, 0.15) is 5.76 Å². The van der Waals surface area contributed by atoms with Crippen LogP contribution in [0.1, 0.15) is 16.2 Å². The number of amides is 1. The Morgan fingerprint density at radius 2 is 2.33 bits per heavy atom. The molecule has 6 heteroatoms. The Balaban J connectivity index is 1.54. The molecule has 112 valence electrons. The van der Waals surface area contributed by atoms with Crippen molar-refractivity contribution in [2.75, 3.05) is 20.1 Å². The van der Waals surface area contributed by atoms with Gasteiger partial charge in [-0.3, -0.25) is 9.69 Å². The molecule has 3 heterocycles. The SMILES string of the molecule is CN(CC(=O)N1CCc2sccc2C1)Cc1ccc(Br)o1. The molecule has 0 N–H and O–H groups in total. The first-order chi connectivity index (χ1) is 10.1. The number of hydrogen-bond acceptors (Lipinski definition) is 4. The van der Waals surface area contributed by atoms with Crippen LogP contribution in [0.3, 0.4) is 0 Å². The third-order valence-corrected chi connectivity index (χ3v) is 5.07. The van der Waals surface area contributed by atoms with E-state index in [0.717, 1.165) is 29.9 Å². The van der Waals surface area contributed by atoms with Gasteiger partial charge >= 0.3 is 0 Å². The van der Waals surface area contributed by atoms with Gasteiger partial charge in [-0.15, -0.1) is 11.3 Å². The number of hydrogen-bond donors (Lipinski definition) is 0. The number of rotatable bonds is 4. The number of carbonyl (C=O) groups is 1. The van der Waals surface area contributed by atoms with Crippen molar-refractivity contribution in [3.63, 3.8) is 0 Å². The van der Waals surface area contributed by atoms with E-state index in [4.69, 9.17) is 4.42 Å². The van der Waals surface area contributed by atoms with Crippen LogP contribution < -0.4 is 0 Å². The number of furan rings is 1. The number of likely N-dealkylation sites (N-methyl/N-ethyl adjacent to an activating group) is 1. The lowest BCUT2D eigenvalue weighted by Crippen LogP contribution is -2.41. The molecular weight excluding hydrogens is 352 g/mol. The Bertz CT molecular complexity index is 637. The van der Waals surface area contributed by atoms with E-state index in [0.29, 0.717) is 13.1 Å². The predicted molar refractivity (Wildman–Crippen MR) is 86.2 cm³/mol. The second kappa shape index (κ2) is 6.34. The Hall–Kier alpha value is -1.11. The summed E-state index contributed by atoms with van der Waals surface area (Å²) in [5.41, 5.74) is 1.30. The fourth-order valence-electron chi connectivity index (χ4n) is 2.55. The van der Waals surface area contributed by atoms with Gasteiger partial charge in [0.15, 0.2) is 4.67 Å². The number of fused-ring (bicyclic) bond motifs is 1. The minimum atomic E-state index is 0.181. The summed E-state index contributed by atoms with van der Waals surface area (Å²) in [6.07, 6.45) is 0.980. The zero-order chi connectivity index (χ0) is 14.8. The Labute approximate surface area is 136 Å². The van der Waals surface area contributed by atoms with Gasteiger partial charge in [-0.2, -0.15) is 0 Å². The highest BCUT2D eigenvalue weighted by Crippen LogP contribution is 2.24. The fourth-order valence-corrected chi connectivity index (χ4v) is 3.78. The van der Waals surface area contributed by atoms with E-state index in [1.54, 1.807) is 11.3 Å². The molecule has 0 bridgehead atoms. The van der Waals surface area contributed by atoms with Crippen LogP contribution >= 0.6 is 27.3 Å². The van der Waals surface area contributed by atoms with Gasteiger partial charge in [0.2, 0.25) is 5.91 Å². The van der Waals surface area contributed by atoms with Gasteiger partial charge in [-0.25, -0.2) is 0 Å². The van der Waals surface area contributed by atoms with E-state index < -0.39 is 0 Å². The highest BCUT2D eigenvalue weighted by molar-refractivity contribution is 9.10. The first-order valence-corrected chi connectivity index (χ1v) is 8.55. The van der Waals surface area contributed by atoms with Gasteiger partial charge in [-0.1, -0.05) is 0 Å². The van der Waals surface area contributed by atoms with Crippen molar-refractivity contribution in [1.82, 2.24) is 9.80 Å². The Morgan fingerprint density at radius 1 is 1.48 bits per heavy atom. The highest BCUT2D eigenvalue weighted by Gasteiger charge is 2.22. The predicted octanol–water partition coefficient (Wildman–Crippen LogP) is 3.12. The zero-order valence-electron chi connectivity index (χ0n) is 11.8. The van der Waals surface area contributed by atoms with Crippen molar-refractivity contribution < 1.29 is 9.21 Å². The van der Waals surface area contributed by atoms with Crippen LogP contribution in [0.25, 0.3) is 0 Å². The second-order valence-electron chi connectivity index (χ2n) is 5.31. The quantitative estimate of drug-likeness (QED) is 0.831. The molecule has 0 aromatic carbocycles. The molecule has 4 nitrogen and oxygen atoms in total. The van der Waals surface area contributed by atoms with Crippen LogP contribution in [-0.4, -0.2) is 35.8 Å². The third kappa shape index (κ3) is 3.56. The zero-order valence-corrected chi connectivity index (χ0v) is 14.2. The van der Waals surface area contributed by atoms with E-state index in [1.807, 2.05) is 29.0 Å². The van der Waals surface area contributed by atoms with Gasteiger partial charge < -0.3 is 9.32 Å². The number of nitrogens with zero attached hydrogens (tertiary/aromatic N) is 2. The summed E-state index contributed by atoms with van der Waals surface area (Å²) in [5, 5.41) is 2.11. The molecular formula is C15H17BrN2O2S. The second-order valence-corrected chi connectivity index (χ2v) is 7.09. The Morgan fingerprint density at radius 3 is 3.10 bits per heavy atom. The minimum absolute atomic E-state index is 0.181. The van der Waals surface area contributed by atoms with Crippen LogP contribution in [-0.2, 0) is 24.3 Å². The lowest BCUT2D eigenvalue weighted by Gasteiger charge is -2.28. The lowest BCUT2D eigenvalue weighted by molar-refractivity contribution is -0.133. The van der Waals surface area contributed by atoms with E-state index >= 15 is 0 Å². The molecule has 0 spiro atoms. The molecule has 2 aromatic heterocycles. The number of carbonyl (C=O) groups excluding carboxylic acids is 1. The molecule has 0 radical (unpaired) electrons. The van der Waals surface area contributed by atoms with E-state index in [-0.39, 0.29) is 5.91 Å². The summed E-state index contributed by atoms with van der Waals surface area (Å²) in [6, 6.07) is 5.92. The molecule has 0 saturated heterocycles. The maximum atomic E-state index is 12.4. The molecule has 2 aromatic rings. The molecule has 0 atom stereocenters. The summed E-state index contributed by atoms with van der Waals surface area (Å²) < 4.78 is 6.19. The van der Waals surface area contributed by atoms with Crippen molar-refractivity contribution in [2.24, 2.45) is 0 Å². The lowest BCUT2D eigenvalue weighted by atomic mass is 10.1. The summed E-state index contributed by atoms with van der Waals surface area (Å²) >= 11 is 5.08. The largest absolute Gasteiger partial charge is 0.453 e. The van der Waals surface area contributed by atoms with E-state index in [2.05, 4.69) is 27.4 Å². The normalized spacial score (nSPS) is 14.5. The van der Waals surface area contributed by atoms with Crippen molar-refractivity contribution in [2.45, 2.75) is 19.5 Å². The maximum Gasteiger partial charge on any atom is 0.237 e. The molecule has 0 aliphatic carbocycles. The van der Waals surface area contributed by atoms with Crippen LogP contribution in [0.5, 0.6) is 0 Å². The van der Waals surface area contributed by atoms with Gasteiger partial charge in [0, 0.05) is 18.0 Å². The highest BCUT2D eigenvalue weighted by atomic mass is 79.9. The molecule has 0 fully saturated rings. The van der Waals surface area contributed by atoms with Crippen LogP contribution in [0.15, 0.2) is 32.7 Å². The summed E-state index contributed by atoms with van der Waals surface area (Å²) in [5.74, 6) is 1.04. The number of halogens is 1. The van der Waals surface area contributed by atoms with E-state index in [1.165, 1.54) is 10.4 Å². The third-order valence-electron chi connectivity index (χ3n) is 3.62. The molecule has 1 amide bonds. The molecule has 0 unspecified atom stereocenters. The molecule has 3 rings (SSSR count). The standard InChI is InChI=1S/C15H17BrN2O2S/c1-17(9-12-2-3-14(16)20-12)10-15(19)18-6-4-13-11(8-18)5-7-21-13/h2-3,5,7H,4,6,8-10H2,1H3. The average Bonchev–Trinajstić information content (AvgIpc) is 3.06. The summed E-state index contributed by atoms with van der Waals surface area (Å²) in [6.45, 7) is 2.62. The van der Waals surface area contributed by atoms with Crippen molar-refractivity contribution >= 4 is 33.2 Å². The van der Waals surface area contributed by atoms with Crippen LogP contribution in [0.2, 0.25) is 0 Å².